The molecule has 0 saturated carbocycles. The van der Waals surface area contributed by atoms with E-state index in [1.54, 1.807) is 23.7 Å². The summed E-state index contributed by atoms with van der Waals surface area (Å²) in [6.45, 7) is 0. The topological polar surface area (TPSA) is 45.8 Å². The first kappa shape index (κ1) is 16.7. The fourth-order valence-electron chi connectivity index (χ4n) is 3.60. The average molecular weight is 380 g/mol. The molecule has 0 amide bonds. The van der Waals surface area contributed by atoms with Crippen molar-refractivity contribution >= 4 is 22.2 Å². The van der Waals surface area contributed by atoms with E-state index in [4.69, 9.17) is 0 Å². The van der Waals surface area contributed by atoms with Crippen molar-refractivity contribution in [3.63, 3.8) is 0 Å². The van der Waals surface area contributed by atoms with Crippen LogP contribution < -0.4 is 5.56 Å². The van der Waals surface area contributed by atoms with E-state index in [0.717, 1.165) is 43.6 Å². The number of hydrogen-bond acceptors (Lipinski definition) is 3. The van der Waals surface area contributed by atoms with Gasteiger partial charge in [0, 0.05) is 33.7 Å². The van der Waals surface area contributed by atoms with Gasteiger partial charge in [-0.2, -0.15) is 0 Å². The summed E-state index contributed by atoms with van der Waals surface area (Å²) in [7, 11) is 0. The number of aromatic amines is 1. The zero-order valence-electron chi connectivity index (χ0n) is 14.9. The lowest BCUT2D eigenvalue weighted by atomic mass is 9.93. The highest BCUT2D eigenvalue weighted by Gasteiger charge is 2.17. The molecule has 3 aromatic heterocycles. The summed E-state index contributed by atoms with van der Waals surface area (Å²) >= 11 is 1.58. The van der Waals surface area contributed by atoms with Crippen LogP contribution in [0.25, 0.3) is 43.6 Å². The molecule has 5 rings (SSSR count). The first-order valence-electron chi connectivity index (χ1n) is 9.01. The largest absolute Gasteiger partial charge is 0.321 e. The number of para-hydroxylation sites is 1. The van der Waals surface area contributed by atoms with Crippen LogP contribution >= 0.6 is 11.3 Å². The van der Waals surface area contributed by atoms with Gasteiger partial charge in [-0.3, -0.25) is 9.78 Å². The van der Waals surface area contributed by atoms with Crippen molar-refractivity contribution in [1.82, 2.24) is 9.97 Å². The predicted octanol–water partition coefficient (Wildman–Crippen LogP) is 5.99. The summed E-state index contributed by atoms with van der Waals surface area (Å²) in [4.78, 5) is 21.1. The lowest BCUT2D eigenvalue weighted by Gasteiger charge is -2.13. The quantitative estimate of drug-likeness (QED) is 0.418. The number of pyridine rings is 2. The number of fused-ring (bicyclic) bond motifs is 1. The van der Waals surface area contributed by atoms with E-state index >= 15 is 0 Å². The van der Waals surface area contributed by atoms with E-state index in [-0.39, 0.29) is 5.56 Å². The second-order valence-corrected chi connectivity index (χ2v) is 7.49. The molecule has 5 aromatic rings. The Bertz CT molecular complexity index is 1320. The van der Waals surface area contributed by atoms with E-state index in [9.17, 15) is 4.79 Å². The van der Waals surface area contributed by atoms with Crippen molar-refractivity contribution < 1.29 is 0 Å². The fourth-order valence-corrected chi connectivity index (χ4v) is 4.37. The fraction of sp³-hybridized carbons (Fsp3) is 0. The maximum absolute atomic E-state index is 13.0. The van der Waals surface area contributed by atoms with Crippen LogP contribution in [0.15, 0.2) is 95.4 Å². The lowest BCUT2D eigenvalue weighted by Crippen LogP contribution is -2.10. The van der Waals surface area contributed by atoms with Crippen LogP contribution in [0.4, 0.5) is 0 Å². The molecule has 0 aliphatic heterocycles. The Labute approximate surface area is 166 Å². The van der Waals surface area contributed by atoms with Crippen LogP contribution in [-0.2, 0) is 0 Å². The summed E-state index contributed by atoms with van der Waals surface area (Å²) in [5.41, 5.74) is 5.70. The number of aromatic nitrogens is 2. The van der Waals surface area contributed by atoms with Crippen LogP contribution in [0.5, 0.6) is 0 Å². The first-order chi connectivity index (χ1) is 13.8. The van der Waals surface area contributed by atoms with Crippen molar-refractivity contribution in [2.24, 2.45) is 0 Å². The van der Waals surface area contributed by atoms with Crippen LogP contribution in [0.3, 0.4) is 0 Å². The first-order valence-corrected chi connectivity index (χ1v) is 9.89. The Morgan fingerprint density at radius 3 is 2.39 bits per heavy atom. The molecule has 134 valence electrons. The van der Waals surface area contributed by atoms with Crippen LogP contribution in [0.1, 0.15) is 0 Å². The molecule has 0 aliphatic carbocycles. The monoisotopic (exact) mass is 380 g/mol. The van der Waals surface area contributed by atoms with Crippen LogP contribution in [-0.4, -0.2) is 9.97 Å². The van der Waals surface area contributed by atoms with Gasteiger partial charge in [0.05, 0.1) is 5.56 Å². The van der Waals surface area contributed by atoms with Gasteiger partial charge in [-0.05, 0) is 52.4 Å². The Kier molecular flexibility index (Phi) is 4.11. The number of benzene rings is 2. The van der Waals surface area contributed by atoms with Gasteiger partial charge in [0.15, 0.2) is 0 Å². The molecule has 0 spiro atoms. The van der Waals surface area contributed by atoms with Crippen molar-refractivity contribution in [3.8, 4) is 32.7 Å². The van der Waals surface area contributed by atoms with E-state index in [1.165, 1.54) is 0 Å². The van der Waals surface area contributed by atoms with E-state index < -0.39 is 0 Å². The van der Waals surface area contributed by atoms with Gasteiger partial charge in [-0.15, -0.1) is 11.3 Å². The standard InChI is InChI=1S/C24H16N2OS/c27-24-23(21-9-4-14-28-21)22(19-7-1-2-8-20(19)26-24)18-6-3-5-17(15-18)16-10-12-25-13-11-16/h1-15H,(H,26,27). The third kappa shape index (κ3) is 2.84. The second-order valence-electron chi connectivity index (χ2n) is 6.54. The van der Waals surface area contributed by atoms with Gasteiger partial charge in [-0.25, -0.2) is 0 Å². The Hall–Kier alpha value is -3.50. The number of hydrogen-bond donors (Lipinski definition) is 1. The highest BCUT2D eigenvalue weighted by atomic mass is 32.1. The molecule has 3 heterocycles. The van der Waals surface area contributed by atoms with Gasteiger partial charge < -0.3 is 4.98 Å². The minimum Gasteiger partial charge on any atom is -0.321 e. The molecule has 2 aromatic carbocycles. The van der Waals surface area contributed by atoms with Crippen molar-refractivity contribution in [2.75, 3.05) is 0 Å². The summed E-state index contributed by atoms with van der Waals surface area (Å²) in [5, 5.41) is 3.04. The molecular formula is C24H16N2OS. The molecule has 0 saturated heterocycles. The summed E-state index contributed by atoms with van der Waals surface area (Å²) in [5.74, 6) is 0. The second kappa shape index (κ2) is 6.91. The molecule has 0 fully saturated rings. The van der Waals surface area contributed by atoms with E-state index in [1.807, 2.05) is 53.9 Å². The average Bonchev–Trinajstić information content (AvgIpc) is 3.28. The normalized spacial score (nSPS) is 11.0. The lowest BCUT2D eigenvalue weighted by molar-refractivity contribution is 1.31. The number of H-pyrrole nitrogens is 1. The minimum atomic E-state index is -0.0644. The molecule has 0 atom stereocenters. The number of rotatable bonds is 3. The molecular weight excluding hydrogens is 364 g/mol. The van der Waals surface area contributed by atoms with E-state index in [2.05, 4.69) is 34.2 Å². The van der Waals surface area contributed by atoms with Crippen LogP contribution in [0.2, 0.25) is 0 Å². The zero-order valence-corrected chi connectivity index (χ0v) is 15.7. The molecule has 28 heavy (non-hydrogen) atoms. The number of thiophene rings is 1. The molecule has 0 bridgehead atoms. The summed E-state index contributed by atoms with van der Waals surface area (Å²) in [6.07, 6.45) is 3.59. The van der Waals surface area contributed by atoms with Gasteiger partial charge >= 0.3 is 0 Å². The Morgan fingerprint density at radius 2 is 1.57 bits per heavy atom. The minimum absolute atomic E-state index is 0.0644. The molecule has 4 heteroatoms. The molecule has 0 aliphatic rings. The van der Waals surface area contributed by atoms with Gasteiger partial charge in [0.1, 0.15) is 0 Å². The maximum atomic E-state index is 13.0. The van der Waals surface area contributed by atoms with Crippen molar-refractivity contribution in [3.05, 3.63) is 101 Å². The van der Waals surface area contributed by atoms with Gasteiger partial charge in [-0.1, -0.05) is 42.5 Å². The van der Waals surface area contributed by atoms with Crippen molar-refractivity contribution in [1.29, 1.82) is 0 Å². The highest BCUT2D eigenvalue weighted by Crippen LogP contribution is 2.38. The van der Waals surface area contributed by atoms with Gasteiger partial charge in [0.25, 0.3) is 5.56 Å². The smallest absolute Gasteiger partial charge is 0.257 e. The number of nitrogens with zero attached hydrogens (tertiary/aromatic N) is 1. The molecule has 0 unspecified atom stereocenters. The third-order valence-electron chi connectivity index (χ3n) is 4.85. The summed E-state index contributed by atoms with van der Waals surface area (Å²) in [6, 6.07) is 24.3. The predicted molar refractivity (Wildman–Crippen MR) is 117 cm³/mol. The molecule has 3 nitrogen and oxygen atoms in total. The SMILES string of the molecule is O=c1[nH]c2ccccc2c(-c2cccc(-c3ccncc3)c2)c1-c1cccs1. The maximum Gasteiger partial charge on any atom is 0.257 e. The Morgan fingerprint density at radius 1 is 0.750 bits per heavy atom. The van der Waals surface area contributed by atoms with Crippen LogP contribution in [0, 0.1) is 0 Å². The summed E-state index contributed by atoms with van der Waals surface area (Å²) < 4.78 is 0. The van der Waals surface area contributed by atoms with Crippen molar-refractivity contribution in [2.45, 2.75) is 0 Å². The number of nitrogens with one attached hydrogen (secondary N) is 1. The zero-order chi connectivity index (χ0) is 18.9. The molecule has 1 N–H and O–H groups in total. The Balaban J connectivity index is 1.84. The molecule has 0 radical (unpaired) electrons. The van der Waals surface area contributed by atoms with Gasteiger partial charge in [0.2, 0.25) is 0 Å². The third-order valence-corrected chi connectivity index (χ3v) is 5.74. The highest BCUT2D eigenvalue weighted by molar-refractivity contribution is 7.13. The van der Waals surface area contributed by atoms with E-state index in [0.29, 0.717) is 0 Å².